The lowest BCUT2D eigenvalue weighted by molar-refractivity contribution is 0.504. The van der Waals surface area contributed by atoms with Crippen molar-refractivity contribution in [3.05, 3.63) is 33.5 Å². The van der Waals surface area contributed by atoms with Crippen LogP contribution in [0.5, 0.6) is 0 Å². The topological polar surface area (TPSA) is 42.7 Å². The van der Waals surface area contributed by atoms with E-state index < -0.39 is 0 Å². The molecular weight excluding hydrogens is 256 g/mol. The molecule has 0 aliphatic carbocycles. The summed E-state index contributed by atoms with van der Waals surface area (Å²) in [6, 6.07) is 2.48. The van der Waals surface area contributed by atoms with Crippen LogP contribution in [-0.2, 0) is 19.9 Å². The van der Waals surface area contributed by atoms with Crippen LogP contribution in [0.4, 0.5) is 0 Å². The molecule has 2 aromatic heterocycles. The van der Waals surface area contributed by atoms with Gasteiger partial charge in [-0.25, -0.2) is 4.98 Å². The highest BCUT2D eigenvalue weighted by molar-refractivity contribution is 7.09. The second-order valence-electron chi connectivity index (χ2n) is 4.71. The first-order valence-corrected chi connectivity index (χ1v) is 7.69. The molecule has 0 radical (unpaired) electrons. The molecule has 104 valence electrons. The smallest absolute Gasteiger partial charge is 0.0897 e. The third kappa shape index (κ3) is 3.42. The zero-order valence-corrected chi connectivity index (χ0v) is 12.9. The number of thiazole rings is 1. The van der Waals surface area contributed by atoms with Gasteiger partial charge in [0.1, 0.15) is 0 Å². The van der Waals surface area contributed by atoms with Crippen LogP contribution in [0.25, 0.3) is 0 Å². The molecule has 0 saturated carbocycles. The molecular formula is C14H22N4S. The van der Waals surface area contributed by atoms with Crippen LogP contribution in [0, 0.1) is 6.92 Å². The summed E-state index contributed by atoms with van der Waals surface area (Å²) >= 11 is 1.71. The first-order chi connectivity index (χ1) is 9.13. The predicted octanol–water partition coefficient (Wildman–Crippen LogP) is 2.64. The van der Waals surface area contributed by atoms with Gasteiger partial charge in [0.15, 0.2) is 0 Å². The number of aromatic nitrogens is 3. The zero-order chi connectivity index (χ0) is 13.8. The van der Waals surface area contributed by atoms with Crippen LogP contribution in [0.3, 0.4) is 0 Å². The highest BCUT2D eigenvalue weighted by atomic mass is 32.1. The van der Waals surface area contributed by atoms with Crippen molar-refractivity contribution >= 4 is 11.3 Å². The average molecular weight is 278 g/mol. The molecule has 0 spiro atoms. The molecule has 2 heterocycles. The molecule has 0 aromatic carbocycles. The Morgan fingerprint density at radius 2 is 2.16 bits per heavy atom. The predicted molar refractivity (Wildman–Crippen MR) is 79.6 cm³/mol. The summed E-state index contributed by atoms with van der Waals surface area (Å²) in [6.07, 6.45) is 1.89. The van der Waals surface area contributed by atoms with E-state index >= 15 is 0 Å². The molecule has 0 bridgehead atoms. The molecule has 19 heavy (non-hydrogen) atoms. The summed E-state index contributed by atoms with van der Waals surface area (Å²) in [5, 5.41) is 11.4. The molecule has 0 fully saturated rings. The summed E-state index contributed by atoms with van der Waals surface area (Å²) < 4.78 is 1.99. The van der Waals surface area contributed by atoms with Gasteiger partial charge in [-0.3, -0.25) is 4.68 Å². The number of hydrogen-bond acceptors (Lipinski definition) is 4. The van der Waals surface area contributed by atoms with Gasteiger partial charge in [-0.15, -0.1) is 11.3 Å². The molecule has 1 unspecified atom stereocenters. The van der Waals surface area contributed by atoms with Gasteiger partial charge in [-0.1, -0.05) is 13.8 Å². The van der Waals surface area contributed by atoms with Crippen molar-refractivity contribution in [1.29, 1.82) is 0 Å². The van der Waals surface area contributed by atoms with E-state index in [4.69, 9.17) is 0 Å². The van der Waals surface area contributed by atoms with Crippen LogP contribution in [-0.4, -0.2) is 21.3 Å². The highest BCUT2D eigenvalue weighted by Crippen LogP contribution is 2.20. The maximum absolute atomic E-state index is 4.56. The Kier molecular flexibility index (Phi) is 4.71. The van der Waals surface area contributed by atoms with E-state index in [1.807, 2.05) is 11.7 Å². The first kappa shape index (κ1) is 14.2. The van der Waals surface area contributed by atoms with Crippen molar-refractivity contribution in [2.24, 2.45) is 7.05 Å². The number of nitrogens with one attached hydrogen (secondary N) is 1. The van der Waals surface area contributed by atoms with Crippen molar-refractivity contribution in [3.8, 4) is 0 Å². The van der Waals surface area contributed by atoms with Crippen molar-refractivity contribution in [1.82, 2.24) is 20.1 Å². The van der Waals surface area contributed by atoms with Gasteiger partial charge in [-0.2, -0.15) is 5.10 Å². The number of nitrogens with zero attached hydrogens (tertiary/aromatic N) is 3. The quantitative estimate of drug-likeness (QED) is 0.883. The van der Waals surface area contributed by atoms with Crippen molar-refractivity contribution in [2.45, 2.75) is 39.7 Å². The van der Waals surface area contributed by atoms with E-state index in [1.54, 1.807) is 11.3 Å². The number of rotatable bonds is 6. The van der Waals surface area contributed by atoms with Gasteiger partial charge in [0.2, 0.25) is 0 Å². The molecule has 2 aromatic rings. The van der Waals surface area contributed by atoms with E-state index in [-0.39, 0.29) is 6.04 Å². The maximum Gasteiger partial charge on any atom is 0.0897 e. The van der Waals surface area contributed by atoms with Gasteiger partial charge in [0.25, 0.3) is 0 Å². The minimum Gasteiger partial charge on any atom is -0.309 e. The molecule has 1 N–H and O–H groups in total. The standard InChI is InChI=1S/C14H22N4S/c1-5-11-8-14(18(4)17-11)13(15-6-2)7-12-9-19-10(3)16-12/h8-9,13,15H,5-7H2,1-4H3. The Hall–Kier alpha value is -1.20. The van der Waals surface area contributed by atoms with Crippen LogP contribution in [0.1, 0.15) is 42.0 Å². The molecule has 0 aliphatic heterocycles. The lowest BCUT2D eigenvalue weighted by Crippen LogP contribution is -2.25. The van der Waals surface area contributed by atoms with E-state index in [2.05, 4.69) is 47.6 Å². The lowest BCUT2D eigenvalue weighted by Gasteiger charge is -2.17. The molecule has 0 saturated heterocycles. The van der Waals surface area contributed by atoms with Crippen molar-refractivity contribution in [2.75, 3.05) is 6.54 Å². The van der Waals surface area contributed by atoms with Gasteiger partial charge in [-0.05, 0) is 26.0 Å². The fourth-order valence-corrected chi connectivity index (χ4v) is 2.91. The van der Waals surface area contributed by atoms with E-state index in [0.29, 0.717) is 0 Å². The summed E-state index contributed by atoms with van der Waals surface area (Å²) in [4.78, 5) is 4.56. The fourth-order valence-electron chi connectivity index (χ4n) is 2.28. The number of likely N-dealkylation sites (N-methyl/N-ethyl adjacent to an activating group) is 1. The first-order valence-electron chi connectivity index (χ1n) is 6.81. The van der Waals surface area contributed by atoms with Crippen molar-refractivity contribution in [3.63, 3.8) is 0 Å². The Labute approximate surface area is 118 Å². The number of aryl methyl sites for hydroxylation is 3. The van der Waals surface area contributed by atoms with E-state index in [9.17, 15) is 0 Å². The lowest BCUT2D eigenvalue weighted by atomic mass is 10.1. The summed E-state index contributed by atoms with van der Waals surface area (Å²) in [5.41, 5.74) is 3.55. The normalized spacial score (nSPS) is 12.8. The van der Waals surface area contributed by atoms with Gasteiger partial charge in [0.05, 0.1) is 28.1 Å². The molecule has 1 atom stereocenters. The fraction of sp³-hybridized carbons (Fsp3) is 0.571. The van der Waals surface area contributed by atoms with Crippen LogP contribution >= 0.6 is 11.3 Å². The molecule has 4 nitrogen and oxygen atoms in total. The van der Waals surface area contributed by atoms with Gasteiger partial charge in [0, 0.05) is 18.8 Å². The van der Waals surface area contributed by atoms with E-state index in [1.165, 1.54) is 5.69 Å². The Morgan fingerprint density at radius 3 is 2.68 bits per heavy atom. The Bertz CT molecular complexity index is 529. The minimum atomic E-state index is 0.282. The molecule has 2 rings (SSSR count). The molecule has 5 heteroatoms. The Morgan fingerprint density at radius 1 is 1.37 bits per heavy atom. The molecule has 0 amide bonds. The summed E-state index contributed by atoms with van der Waals surface area (Å²) in [7, 11) is 2.02. The van der Waals surface area contributed by atoms with E-state index in [0.717, 1.165) is 35.8 Å². The maximum atomic E-state index is 4.56. The molecule has 0 aliphatic rings. The third-order valence-corrected chi connectivity index (χ3v) is 4.04. The van der Waals surface area contributed by atoms with Crippen LogP contribution in [0.15, 0.2) is 11.4 Å². The van der Waals surface area contributed by atoms with Gasteiger partial charge < -0.3 is 5.32 Å². The second kappa shape index (κ2) is 6.30. The summed E-state index contributed by atoms with van der Waals surface area (Å²) in [5.74, 6) is 0. The monoisotopic (exact) mass is 278 g/mol. The minimum absolute atomic E-state index is 0.282. The summed E-state index contributed by atoms with van der Waals surface area (Å²) in [6.45, 7) is 7.27. The van der Waals surface area contributed by atoms with Crippen molar-refractivity contribution < 1.29 is 0 Å². The largest absolute Gasteiger partial charge is 0.309 e. The third-order valence-electron chi connectivity index (χ3n) is 3.22. The number of hydrogen-bond donors (Lipinski definition) is 1. The van der Waals surface area contributed by atoms with Crippen LogP contribution < -0.4 is 5.32 Å². The SMILES string of the molecule is CCNC(Cc1csc(C)n1)c1cc(CC)nn1C. The van der Waals surface area contributed by atoms with Crippen LogP contribution in [0.2, 0.25) is 0 Å². The zero-order valence-electron chi connectivity index (χ0n) is 12.1. The second-order valence-corrected chi connectivity index (χ2v) is 5.77. The highest BCUT2D eigenvalue weighted by Gasteiger charge is 2.17. The van der Waals surface area contributed by atoms with Gasteiger partial charge >= 0.3 is 0 Å². The average Bonchev–Trinajstić information content (AvgIpc) is 2.95. The Balaban J connectivity index is 2.21.